The number of H-pyrrole nitrogens is 1. The van der Waals surface area contributed by atoms with Crippen LogP contribution in [0.4, 0.5) is 0 Å². The summed E-state index contributed by atoms with van der Waals surface area (Å²) in [6.45, 7) is 0. The summed E-state index contributed by atoms with van der Waals surface area (Å²) >= 11 is 0. The van der Waals surface area contributed by atoms with Gasteiger partial charge in [0.05, 0.1) is 5.69 Å². The maximum absolute atomic E-state index is 11.5. The van der Waals surface area contributed by atoms with Crippen molar-refractivity contribution >= 4 is 5.97 Å². The zero-order chi connectivity index (χ0) is 12.3. The van der Waals surface area contributed by atoms with Gasteiger partial charge in [0.25, 0.3) is 0 Å². The Morgan fingerprint density at radius 2 is 2.12 bits per heavy atom. The number of carbonyl (C=O) groups is 1. The summed E-state index contributed by atoms with van der Waals surface area (Å²) in [6.07, 6.45) is 3.64. The van der Waals surface area contributed by atoms with Crippen molar-refractivity contribution in [1.29, 1.82) is 0 Å². The topological polar surface area (TPSA) is 75.1 Å². The predicted molar refractivity (Wildman–Crippen MR) is 62.3 cm³/mol. The van der Waals surface area contributed by atoms with Crippen molar-refractivity contribution in [3.05, 3.63) is 52.7 Å². The van der Waals surface area contributed by atoms with Gasteiger partial charge in [-0.1, -0.05) is 18.2 Å². The summed E-state index contributed by atoms with van der Waals surface area (Å²) in [4.78, 5) is 24.6. The van der Waals surface area contributed by atoms with E-state index >= 15 is 0 Å². The normalized spacial score (nSPS) is 10.4. The zero-order valence-corrected chi connectivity index (χ0v) is 9.09. The maximum atomic E-state index is 11.5. The van der Waals surface area contributed by atoms with Gasteiger partial charge in [-0.15, -0.1) is 0 Å². The number of para-hydroxylation sites is 1. The van der Waals surface area contributed by atoms with Gasteiger partial charge >= 0.3 is 11.7 Å². The number of aliphatic carboxylic acids is 1. The third-order valence-corrected chi connectivity index (χ3v) is 2.51. The minimum absolute atomic E-state index is 0.0518. The van der Waals surface area contributed by atoms with Crippen LogP contribution < -0.4 is 5.69 Å². The van der Waals surface area contributed by atoms with E-state index in [0.29, 0.717) is 6.42 Å². The van der Waals surface area contributed by atoms with Gasteiger partial charge in [-0.05, 0) is 18.1 Å². The second-order valence-electron chi connectivity index (χ2n) is 3.66. The average molecular weight is 232 g/mol. The molecule has 0 aliphatic carbocycles. The Morgan fingerprint density at radius 1 is 1.35 bits per heavy atom. The molecular formula is C12H12N2O3. The molecule has 0 fully saturated rings. The molecule has 0 saturated carbocycles. The predicted octanol–water partition coefficient (Wildman–Crippen LogP) is 1.18. The lowest BCUT2D eigenvalue weighted by Gasteiger charge is -2.07. The van der Waals surface area contributed by atoms with Crippen molar-refractivity contribution in [2.24, 2.45) is 0 Å². The van der Waals surface area contributed by atoms with Gasteiger partial charge in [0, 0.05) is 18.8 Å². The number of nitrogens with zero attached hydrogens (tertiary/aromatic N) is 1. The molecule has 2 aromatic rings. The number of aromatic nitrogens is 2. The first-order chi connectivity index (χ1) is 8.18. The number of nitrogens with one attached hydrogen (secondary N) is 1. The molecule has 0 radical (unpaired) electrons. The second-order valence-corrected chi connectivity index (χ2v) is 3.66. The third kappa shape index (κ3) is 2.44. The van der Waals surface area contributed by atoms with Crippen LogP contribution in [-0.4, -0.2) is 20.6 Å². The largest absolute Gasteiger partial charge is 0.481 e. The number of benzene rings is 1. The Hall–Kier alpha value is -2.30. The van der Waals surface area contributed by atoms with Gasteiger partial charge < -0.3 is 10.1 Å². The van der Waals surface area contributed by atoms with Gasteiger partial charge in [-0.3, -0.25) is 9.36 Å². The molecule has 2 rings (SSSR count). The maximum Gasteiger partial charge on any atom is 0.330 e. The molecule has 0 aliphatic rings. The number of hydrogen-bond donors (Lipinski definition) is 2. The molecular weight excluding hydrogens is 220 g/mol. The van der Waals surface area contributed by atoms with Crippen molar-refractivity contribution in [2.75, 3.05) is 0 Å². The van der Waals surface area contributed by atoms with Crippen LogP contribution in [0.5, 0.6) is 0 Å². The summed E-state index contributed by atoms with van der Waals surface area (Å²) in [5.74, 6) is -0.846. The lowest BCUT2D eigenvalue weighted by Crippen LogP contribution is -2.15. The third-order valence-electron chi connectivity index (χ3n) is 2.51. The van der Waals surface area contributed by atoms with E-state index in [1.165, 1.54) is 4.57 Å². The molecule has 0 aliphatic heterocycles. The molecule has 1 heterocycles. The summed E-state index contributed by atoms with van der Waals surface area (Å²) in [5.41, 5.74) is 1.34. The summed E-state index contributed by atoms with van der Waals surface area (Å²) < 4.78 is 1.47. The molecule has 1 aromatic heterocycles. The molecule has 0 bridgehead atoms. The van der Waals surface area contributed by atoms with Gasteiger partial charge in [-0.2, -0.15) is 0 Å². The number of carboxylic acids is 1. The van der Waals surface area contributed by atoms with Crippen molar-refractivity contribution < 1.29 is 9.90 Å². The van der Waals surface area contributed by atoms with Crippen LogP contribution in [0, 0.1) is 0 Å². The fourth-order valence-electron chi connectivity index (χ4n) is 1.71. The number of aromatic amines is 1. The quantitative estimate of drug-likeness (QED) is 0.831. The number of aryl methyl sites for hydroxylation is 1. The molecule has 0 saturated heterocycles. The lowest BCUT2D eigenvalue weighted by atomic mass is 10.1. The highest BCUT2D eigenvalue weighted by atomic mass is 16.4. The molecule has 5 heteroatoms. The molecule has 1 aromatic carbocycles. The Labute approximate surface area is 97.3 Å². The molecule has 5 nitrogen and oxygen atoms in total. The first-order valence-electron chi connectivity index (χ1n) is 5.24. The summed E-state index contributed by atoms with van der Waals surface area (Å²) in [5, 5.41) is 8.68. The average Bonchev–Trinajstić information content (AvgIpc) is 2.73. The minimum Gasteiger partial charge on any atom is -0.481 e. The van der Waals surface area contributed by atoms with Crippen LogP contribution in [0.25, 0.3) is 5.69 Å². The van der Waals surface area contributed by atoms with Crippen molar-refractivity contribution in [3.8, 4) is 5.69 Å². The van der Waals surface area contributed by atoms with E-state index in [9.17, 15) is 9.59 Å². The second kappa shape index (κ2) is 4.69. The Kier molecular flexibility index (Phi) is 3.09. The highest BCUT2D eigenvalue weighted by Gasteiger charge is 2.07. The standard InChI is InChI=1S/C12H12N2O3/c15-11(16)6-5-9-3-1-2-4-10(9)14-8-7-13-12(14)17/h1-4,7-8H,5-6H2,(H,13,17)(H,15,16). The first kappa shape index (κ1) is 11.2. The van der Waals surface area contributed by atoms with Crippen molar-refractivity contribution in [3.63, 3.8) is 0 Å². The van der Waals surface area contributed by atoms with E-state index in [2.05, 4.69) is 4.98 Å². The van der Waals surface area contributed by atoms with Gasteiger partial charge in [0.2, 0.25) is 0 Å². The smallest absolute Gasteiger partial charge is 0.330 e. The molecule has 88 valence electrons. The number of carboxylic acid groups (broad SMARTS) is 1. The molecule has 0 unspecified atom stereocenters. The lowest BCUT2D eigenvalue weighted by molar-refractivity contribution is -0.136. The van der Waals surface area contributed by atoms with E-state index in [4.69, 9.17) is 5.11 Å². The fraction of sp³-hybridized carbons (Fsp3) is 0.167. The van der Waals surface area contributed by atoms with Crippen LogP contribution in [-0.2, 0) is 11.2 Å². The molecule has 17 heavy (non-hydrogen) atoms. The number of hydrogen-bond acceptors (Lipinski definition) is 2. The van der Waals surface area contributed by atoms with Crippen LogP contribution >= 0.6 is 0 Å². The molecule has 0 spiro atoms. The highest BCUT2D eigenvalue weighted by Crippen LogP contribution is 2.14. The van der Waals surface area contributed by atoms with E-state index in [-0.39, 0.29) is 12.1 Å². The molecule has 0 amide bonds. The number of rotatable bonds is 4. The van der Waals surface area contributed by atoms with E-state index in [0.717, 1.165) is 11.3 Å². The SMILES string of the molecule is O=C(O)CCc1ccccc1-n1cc[nH]c1=O. The van der Waals surface area contributed by atoms with Crippen molar-refractivity contribution in [1.82, 2.24) is 9.55 Å². The van der Waals surface area contributed by atoms with Crippen molar-refractivity contribution in [2.45, 2.75) is 12.8 Å². The summed E-state index contributed by atoms with van der Waals surface area (Å²) in [6, 6.07) is 7.28. The van der Waals surface area contributed by atoms with Gasteiger partial charge in [-0.25, -0.2) is 4.79 Å². The summed E-state index contributed by atoms with van der Waals surface area (Å²) in [7, 11) is 0. The van der Waals surface area contributed by atoms with Gasteiger partial charge in [0.15, 0.2) is 0 Å². The van der Waals surface area contributed by atoms with Crippen LogP contribution in [0.15, 0.2) is 41.5 Å². The van der Waals surface area contributed by atoms with Gasteiger partial charge in [0.1, 0.15) is 0 Å². The van der Waals surface area contributed by atoms with E-state index in [1.807, 2.05) is 18.2 Å². The highest BCUT2D eigenvalue weighted by molar-refractivity contribution is 5.67. The monoisotopic (exact) mass is 232 g/mol. The molecule has 0 atom stereocenters. The molecule has 2 N–H and O–H groups in total. The number of imidazole rings is 1. The Morgan fingerprint density at radius 3 is 2.76 bits per heavy atom. The van der Waals surface area contributed by atoms with E-state index in [1.54, 1.807) is 18.5 Å². The Balaban J connectivity index is 2.37. The van der Waals surface area contributed by atoms with Crippen LogP contribution in [0.1, 0.15) is 12.0 Å². The Bertz CT molecular complexity index is 583. The zero-order valence-electron chi connectivity index (χ0n) is 9.09. The van der Waals surface area contributed by atoms with Crippen LogP contribution in [0.2, 0.25) is 0 Å². The minimum atomic E-state index is -0.846. The first-order valence-corrected chi connectivity index (χ1v) is 5.24. The fourth-order valence-corrected chi connectivity index (χ4v) is 1.71. The van der Waals surface area contributed by atoms with Crippen LogP contribution in [0.3, 0.4) is 0 Å². The van der Waals surface area contributed by atoms with E-state index < -0.39 is 5.97 Å².